The zero-order chi connectivity index (χ0) is 16.4. The third kappa shape index (κ3) is 4.06. The van der Waals surface area contributed by atoms with Gasteiger partial charge in [-0.25, -0.2) is 8.42 Å². The van der Waals surface area contributed by atoms with Crippen molar-refractivity contribution in [2.45, 2.75) is 24.7 Å². The second-order valence-electron chi connectivity index (χ2n) is 5.90. The average Bonchev–Trinajstić information content (AvgIpc) is 2.97. The number of hydrogen-bond acceptors (Lipinski definition) is 4. The van der Waals surface area contributed by atoms with Crippen LogP contribution >= 0.6 is 35.3 Å². The topological polar surface area (TPSA) is 49.4 Å². The number of fused-ring (bicyclic) bond motifs is 1. The first-order valence-corrected chi connectivity index (χ1v) is 10.6. The summed E-state index contributed by atoms with van der Waals surface area (Å²) < 4.78 is 28.5. The molecule has 3 rings (SSSR count). The lowest BCUT2D eigenvalue weighted by Crippen LogP contribution is -2.40. The Hall–Kier alpha value is -0.370. The molecular weight excluding hydrogens is 387 g/mol. The van der Waals surface area contributed by atoms with Crippen molar-refractivity contribution in [2.75, 3.05) is 26.2 Å². The molecule has 2 aromatic rings. The van der Waals surface area contributed by atoms with Crippen molar-refractivity contribution in [3.63, 3.8) is 0 Å². The molecule has 1 fully saturated rings. The summed E-state index contributed by atoms with van der Waals surface area (Å²) in [5.41, 5.74) is 0. The van der Waals surface area contributed by atoms with Crippen molar-refractivity contribution in [3.05, 3.63) is 28.6 Å². The summed E-state index contributed by atoms with van der Waals surface area (Å²) in [5.74, 6) is 0.565. The van der Waals surface area contributed by atoms with Gasteiger partial charge in [0.1, 0.15) is 4.90 Å². The second-order valence-corrected chi connectivity index (χ2v) is 9.15. The highest BCUT2D eigenvalue weighted by atomic mass is 35.5. The minimum Gasteiger partial charge on any atom is -0.317 e. The van der Waals surface area contributed by atoms with E-state index in [-0.39, 0.29) is 12.4 Å². The van der Waals surface area contributed by atoms with Crippen LogP contribution in [0.5, 0.6) is 0 Å². The highest BCUT2D eigenvalue weighted by Gasteiger charge is 2.31. The fraction of sp³-hybridized carbons (Fsp3) is 0.500. The Balaban J connectivity index is 0.00000208. The number of nitrogens with zero attached hydrogens (tertiary/aromatic N) is 1. The Kier molecular flexibility index (Phi) is 6.93. The van der Waals surface area contributed by atoms with Gasteiger partial charge in [0, 0.05) is 33.6 Å². The summed E-state index contributed by atoms with van der Waals surface area (Å²) in [5, 5.41) is 6.39. The summed E-state index contributed by atoms with van der Waals surface area (Å²) in [7, 11) is -3.44. The quantitative estimate of drug-likeness (QED) is 0.813. The third-order valence-electron chi connectivity index (χ3n) is 4.37. The van der Waals surface area contributed by atoms with Crippen molar-refractivity contribution in [1.82, 2.24) is 9.62 Å². The molecule has 0 aliphatic carbocycles. The number of benzene rings is 1. The van der Waals surface area contributed by atoms with E-state index >= 15 is 0 Å². The molecular formula is C16H22Cl2N2O2S2. The normalized spacial score (nSPS) is 17.1. The van der Waals surface area contributed by atoms with Crippen LogP contribution in [0.25, 0.3) is 10.1 Å². The first-order chi connectivity index (χ1) is 11.0. The Morgan fingerprint density at radius 1 is 1.33 bits per heavy atom. The van der Waals surface area contributed by atoms with E-state index in [0.717, 1.165) is 36.0 Å². The van der Waals surface area contributed by atoms with Gasteiger partial charge in [-0.15, -0.1) is 23.7 Å². The van der Waals surface area contributed by atoms with E-state index in [1.165, 1.54) is 11.3 Å². The van der Waals surface area contributed by atoms with Gasteiger partial charge < -0.3 is 5.32 Å². The molecule has 1 saturated heterocycles. The Morgan fingerprint density at radius 3 is 2.71 bits per heavy atom. The number of nitrogens with one attached hydrogen (secondary N) is 1. The monoisotopic (exact) mass is 408 g/mol. The lowest BCUT2D eigenvalue weighted by molar-refractivity contribution is 0.268. The highest BCUT2D eigenvalue weighted by molar-refractivity contribution is 7.89. The molecule has 0 radical (unpaired) electrons. The van der Waals surface area contributed by atoms with Crippen LogP contribution < -0.4 is 5.32 Å². The number of halogens is 2. The van der Waals surface area contributed by atoms with Gasteiger partial charge >= 0.3 is 0 Å². The zero-order valence-electron chi connectivity index (χ0n) is 13.5. The minimum absolute atomic E-state index is 0. The molecule has 0 atom stereocenters. The number of sulfonamides is 1. The molecule has 1 aliphatic rings. The fourth-order valence-corrected chi connectivity index (χ4v) is 6.11. The van der Waals surface area contributed by atoms with E-state index in [1.54, 1.807) is 21.8 Å². The molecule has 24 heavy (non-hydrogen) atoms. The molecule has 0 bridgehead atoms. The van der Waals surface area contributed by atoms with E-state index in [0.29, 0.717) is 28.9 Å². The van der Waals surface area contributed by atoms with Gasteiger partial charge in [0.25, 0.3) is 0 Å². The lowest BCUT2D eigenvalue weighted by atomic mass is 9.98. The van der Waals surface area contributed by atoms with Gasteiger partial charge in [-0.3, -0.25) is 0 Å². The van der Waals surface area contributed by atoms with E-state index in [1.807, 2.05) is 6.07 Å². The van der Waals surface area contributed by atoms with Crippen LogP contribution in [0.2, 0.25) is 5.02 Å². The lowest BCUT2D eigenvalue weighted by Gasteiger charge is -2.31. The van der Waals surface area contributed by atoms with Crippen LogP contribution in [0.3, 0.4) is 0 Å². The Labute approximate surface area is 158 Å². The SMILES string of the molecule is CCNCC1CCN(S(=O)(=O)c2csc3ccc(Cl)cc23)CC1.Cl. The van der Waals surface area contributed by atoms with E-state index in [2.05, 4.69) is 12.2 Å². The van der Waals surface area contributed by atoms with Crippen molar-refractivity contribution in [3.8, 4) is 0 Å². The molecule has 1 aromatic heterocycles. The van der Waals surface area contributed by atoms with Crippen LogP contribution in [0, 0.1) is 5.92 Å². The molecule has 0 saturated carbocycles. The van der Waals surface area contributed by atoms with Gasteiger partial charge in [-0.05, 0) is 50.0 Å². The summed E-state index contributed by atoms with van der Waals surface area (Å²) in [4.78, 5) is 0.394. The molecule has 1 aliphatic heterocycles. The molecule has 8 heteroatoms. The largest absolute Gasteiger partial charge is 0.317 e. The van der Waals surface area contributed by atoms with Crippen molar-refractivity contribution in [2.24, 2.45) is 5.92 Å². The first kappa shape index (κ1) is 19.9. The number of piperidine rings is 1. The van der Waals surface area contributed by atoms with Crippen molar-refractivity contribution >= 4 is 55.5 Å². The summed E-state index contributed by atoms with van der Waals surface area (Å²) in [6.45, 7) is 5.21. The van der Waals surface area contributed by atoms with Crippen LogP contribution in [-0.4, -0.2) is 38.9 Å². The zero-order valence-corrected chi connectivity index (χ0v) is 16.7. The maximum atomic E-state index is 13.0. The number of thiophene rings is 1. The van der Waals surface area contributed by atoms with E-state index in [9.17, 15) is 8.42 Å². The maximum absolute atomic E-state index is 13.0. The van der Waals surface area contributed by atoms with Crippen LogP contribution in [0.4, 0.5) is 0 Å². The Bertz CT molecular complexity index is 784. The molecule has 4 nitrogen and oxygen atoms in total. The fourth-order valence-electron chi connectivity index (χ4n) is 3.02. The molecule has 134 valence electrons. The molecule has 0 spiro atoms. The minimum atomic E-state index is -3.44. The van der Waals surface area contributed by atoms with Gasteiger partial charge in [-0.2, -0.15) is 4.31 Å². The van der Waals surface area contributed by atoms with E-state index in [4.69, 9.17) is 11.6 Å². The predicted molar refractivity (Wildman–Crippen MR) is 104 cm³/mol. The second kappa shape index (κ2) is 8.34. The number of hydrogen-bond donors (Lipinski definition) is 1. The van der Waals surface area contributed by atoms with E-state index < -0.39 is 10.0 Å². The summed E-state index contributed by atoms with van der Waals surface area (Å²) >= 11 is 7.49. The molecule has 2 heterocycles. The smallest absolute Gasteiger partial charge is 0.244 e. The van der Waals surface area contributed by atoms with Gasteiger partial charge in [0.15, 0.2) is 0 Å². The number of rotatable bonds is 5. The van der Waals surface area contributed by atoms with Crippen molar-refractivity contribution < 1.29 is 8.42 Å². The van der Waals surface area contributed by atoms with Crippen molar-refractivity contribution in [1.29, 1.82) is 0 Å². The predicted octanol–water partition coefficient (Wildman–Crippen LogP) is 3.99. The molecule has 0 amide bonds. The summed E-state index contributed by atoms with van der Waals surface area (Å²) in [6, 6.07) is 5.42. The Morgan fingerprint density at radius 2 is 2.04 bits per heavy atom. The third-order valence-corrected chi connectivity index (χ3v) is 7.66. The standard InChI is InChI=1S/C16H21ClN2O2S2.ClH/c1-2-18-10-12-5-7-19(8-6-12)23(20,21)16-11-22-15-4-3-13(17)9-14(15)16;/h3-4,9,11-12,18H,2,5-8,10H2,1H3;1H. The molecule has 1 N–H and O–H groups in total. The van der Waals surface area contributed by atoms with Gasteiger partial charge in [0.2, 0.25) is 10.0 Å². The van der Waals surface area contributed by atoms with Crippen LogP contribution in [-0.2, 0) is 10.0 Å². The first-order valence-electron chi connectivity index (χ1n) is 7.90. The molecule has 0 unspecified atom stereocenters. The van der Waals surface area contributed by atoms with Crippen LogP contribution in [0.1, 0.15) is 19.8 Å². The van der Waals surface area contributed by atoms with Crippen LogP contribution in [0.15, 0.2) is 28.5 Å². The molecule has 1 aromatic carbocycles. The summed E-state index contributed by atoms with van der Waals surface area (Å²) in [6.07, 6.45) is 1.82. The van der Waals surface area contributed by atoms with Gasteiger partial charge in [-0.1, -0.05) is 18.5 Å². The van der Waals surface area contributed by atoms with Gasteiger partial charge in [0.05, 0.1) is 0 Å². The average molecular weight is 409 g/mol. The maximum Gasteiger partial charge on any atom is 0.244 e. The highest BCUT2D eigenvalue weighted by Crippen LogP contribution is 2.34.